The van der Waals surface area contributed by atoms with E-state index in [1.54, 1.807) is 48.9 Å². The number of hydrogen-bond acceptors (Lipinski definition) is 8. The normalized spacial score (nSPS) is 13.2. The summed E-state index contributed by atoms with van der Waals surface area (Å²) in [5.41, 5.74) is 1.81. The molecule has 2 N–H and O–H groups in total. The molecule has 7 nitrogen and oxygen atoms in total. The fraction of sp³-hybridized carbons (Fsp3) is 0.125. The Morgan fingerprint density at radius 2 is 1.94 bits per heavy atom. The van der Waals surface area contributed by atoms with E-state index in [0.717, 1.165) is 4.90 Å². The van der Waals surface area contributed by atoms with Crippen molar-refractivity contribution in [2.75, 3.05) is 23.3 Å². The van der Waals surface area contributed by atoms with Gasteiger partial charge in [0.2, 0.25) is 5.95 Å². The molecule has 0 radical (unpaired) electrons. The van der Waals surface area contributed by atoms with Gasteiger partial charge in [-0.05, 0) is 48.3 Å². The first kappa shape index (κ1) is 22.4. The Morgan fingerprint density at radius 1 is 1.06 bits per heavy atom. The second kappa shape index (κ2) is 10.3. The fourth-order valence-electron chi connectivity index (χ4n) is 3.15. The molecule has 0 spiro atoms. The first-order chi connectivity index (χ1) is 16.7. The van der Waals surface area contributed by atoms with Crippen molar-refractivity contribution in [1.82, 2.24) is 15.0 Å². The molecule has 0 unspecified atom stereocenters. The van der Waals surface area contributed by atoms with Crippen LogP contribution in [0.25, 0.3) is 11.3 Å². The Bertz CT molecular complexity index is 1310. The summed E-state index contributed by atoms with van der Waals surface area (Å²) in [6.07, 6.45) is 4.86. The van der Waals surface area contributed by atoms with Crippen molar-refractivity contribution in [3.63, 3.8) is 0 Å². The Kier molecular flexibility index (Phi) is 6.75. The van der Waals surface area contributed by atoms with E-state index < -0.39 is 5.82 Å². The molecule has 4 aromatic rings. The number of anilines is 2. The second-order valence-electron chi connectivity index (χ2n) is 7.40. The molecule has 172 valence electrons. The molecule has 0 aliphatic carbocycles. The SMILES string of the molecule is Fc1cc(NSc2ccccc2Cl)ccc1Oc1ccncc1-c1ccnc(NC2COC2)n1. The van der Waals surface area contributed by atoms with Crippen LogP contribution >= 0.6 is 23.5 Å². The van der Waals surface area contributed by atoms with Crippen LogP contribution in [-0.2, 0) is 4.74 Å². The smallest absolute Gasteiger partial charge is 0.223 e. The van der Waals surface area contributed by atoms with E-state index in [1.165, 1.54) is 18.0 Å². The first-order valence-corrected chi connectivity index (χ1v) is 11.6. The van der Waals surface area contributed by atoms with E-state index in [2.05, 4.69) is 25.0 Å². The Hall–Kier alpha value is -3.40. The van der Waals surface area contributed by atoms with Gasteiger partial charge >= 0.3 is 0 Å². The summed E-state index contributed by atoms with van der Waals surface area (Å²) in [6.45, 7) is 1.24. The highest BCUT2D eigenvalue weighted by Crippen LogP contribution is 2.35. The van der Waals surface area contributed by atoms with Gasteiger partial charge in [-0.15, -0.1) is 0 Å². The lowest BCUT2D eigenvalue weighted by molar-refractivity contribution is 0.0208. The minimum Gasteiger partial charge on any atom is -0.453 e. The minimum absolute atomic E-state index is 0.0831. The number of ether oxygens (including phenoxy) is 2. The number of rotatable bonds is 8. The van der Waals surface area contributed by atoms with Gasteiger partial charge in [0.15, 0.2) is 11.6 Å². The number of pyridine rings is 1. The number of benzene rings is 2. The quantitative estimate of drug-likeness (QED) is 0.286. The lowest BCUT2D eigenvalue weighted by Crippen LogP contribution is -2.40. The zero-order valence-electron chi connectivity index (χ0n) is 17.7. The highest BCUT2D eigenvalue weighted by Gasteiger charge is 2.19. The first-order valence-electron chi connectivity index (χ1n) is 10.4. The number of hydrogen-bond donors (Lipinski definition) is 2. The van der Waals surface area contributed by atoms with Gasteiger partial charge in [-0.25, -0.2) is 14.4 Å². The van der Waals surface area contributed by atoms with Gasteiger partial charge in [0.05, 0.1) is 35.5 Å². The molecule has 3 heterocycles. The van der Waals surface area contributed by atoms with Gasteiger partial charge < -0.3 is 19.5 Å². The van der Waals surface area contributed by atoms with Crippen molar-refractivity contribution in [2.24, 2.45) is 0 Å². The minimum atomic E-state index is -0.512. The molecule has 5 rings (SSSR count). The third-order valence-corrected chi connectivity index (χ3v) is 6.31. The molecule has 0 bridgehead atoms. The molecule has 0 atom stereocenters. The fourth-order valence-corrected chi connectivity index (χ4v) is 4.07. The molecule has 10 heteroatoms. The molecule has 34 heavy (non-hydrogen) atoms. The maximum Gasteiger partial charge on any atom is 0.223 e. The van der Waals surface area contributed by atoms with Crippen LogP contribution < -0.4 is 14.8 Å². The van der Waals surface area contributed by atoms with Gasteiger partial charge in [-0.1, -0.05) is 23.7 Å². The molecule has 1 aliphatic rings. The standard InChI is InChI=1S/C24H19ClFN5O2S/c25-18-3-1-2-4-23(18)34-31-15-5-6-22(19(26)11-15)33-21-8-9-27-12-17(21)20-7-10-28-24(30-20)29-16-13-32-14-16/h1-12,16,31H,13-14H2,(H,28,29,30). The molecule has 2 aromatic carbocycles. The Morgan fingerprint density at radius 3 is 2.74 bits per heavy atom. The van der Waals surface area contributed by atoms with Gasteiger partial charge in [0, 0.05) is 35.2 Å². The second-order valence-corrected chi connectivity index (χ2v) is 8.65. The summed E-state index contributed by atoms with van der Waals surface area (Å²) in [6, 6.07) is 15.7. The van der Waals surface area contributed by atoms with Crippen LogP contribution in [0, 0.1) is 5.82 Å². The van der Waals surface area contributed by atoms with Crippen molar-refractivity contribution in [1.29, 1.82) is 0 Å². The largest absolute Gasteiger partial charge is 0.453 e. The van der Waals surface area contributed by atoms with E-state index in [4.69, 9.17) is 21.1 Å². The molecular weight excluding hydrogens is 477 g/mol. The molecule has 2 aromatic heterocycles. The monoisotopic (exact) mass is 495 g/mol. The molecule has 0 amide bonds. The van der Waals surface area contributed by atoms with Crippen LogP contribution in [0.2, 0.25) is 5.02 Å². The van der Waals surface area contributed by atoms with E-state index in [9.17, 15) is 4.39 Å². The van der Waals surface area contributed by atoms with E-state index in [1.807, 2.05) is 18.2 Å². The third-order valence-electron chi connectivity index (χ3n) is 4.95. The lowest BCUT2D eigenvalue weighted by Gasteiger charge is -2.26. The predicted octanol–water partition coefficient (Wildman–Crippen LogP) is 6.05. The lowest BCUT2D eigenvalue weighted by atomic mass is 10.2. The molecule has 0 saturated carbocycles. The van der Waals surface area contributed by atoms with Crippen molar-refractivity contribution in [2.45, 2.75) is 10.9 Å². The Balaban J connectivity index is 1.32. The predicted molar refractivity (Wildman–Crippen MR) is 131 cm³/mol. The maximum atomic E-state index is 14.9. The van der Waals surface area contributed by atoms with Gasteiger partial charge in [-0.3, -0.25) is 4.98 Å². The van der Waals surface area contributed by atoms with E-state index >= 15 is 0 Å². The number of nitrogens with zero attached hydrogens (tertiary/aromatic N) is 3. The van der Waals surface area contributed by atoms with Crippen molar-refractivity contribution >= 4 is 35.2 Å². The third kappa shape index (κ3) is 5.22. The van der Waals surface area contributed by atoms with Crippen molar-refractivity contribution in [3.05, 3.63) is 84.0 Å². The average molecular weight is 496 g/mol. The summed E-state index contributed by atoms with van der Waals surface area (Å²) >= 11 is 7.47. The van der Waals surface area contributed by atoms with E-state index in [-0.39, 0.29) is 11.8 Å². The number of aromatic nitrogens is 3. The zero-order valence-corrected chi connectivity index (χ0v) is 19.3. The van der Waals surface area contributed by atoms with Crippen LogP contribution in [0.1, 0.15) is 0 Å². The van der Waals surface area contributed by atoms with Crippen LogP contribution in [0.4, 0.5) is 16.0 Å². The van der Waals surface area contributed by atoms with E-state index in [0.29, 0.717) is 46.9 Å². The zero-order chi connectivity index (χ0) is 23.3. The van der Waals surface area contributed by atoms with Crippen LogP contribution in [0.5, 0.6) is 11.5 Å². The summed E-state index contributed by atoms with van der Waals surface area (Å²) in [5.74, 6) is 0.484. The van der Waals surface area contributed by atoms with Crippen LogP contribution in [0.3, 0.4) is 0 Å². The molecule has 1 aliphatic heterocycles. The highest BCUT2D eigenvalue weighted by molar-refractivity contribution is 8.00. The van der Waals surface area contributed by atoms with Gasteiger partial charge in [0.1, 0.15) is 5.75 Å². The Labute approximate surface area is 204 Å². The summed E-state index contributed by atoms with van der Waals surface area (Å²) < 4.78 is 29.0. The highest BCUT2D eigenvalue weighted by atomic mass is 35.5. The van der Waals surface area contributed by atoms with Gasteiger partial charge in [-0.2, -0.15) is 0 Å². The molecular formula is C24H19ClFN5O2S. The van der Waals surface area contributed by atoms with Gasteiger partial charge in [0.25, 0.3) is 0 Å². The number of nitrogens with one attached hydrogen (secondary N) is 2. The topological polar surface area (TPSA) is 81.2 Å². The molecule has 1 fully saturated rings. The van der Waals surface area contributed by atoms with Crippen molar-refractivity contribution < 1.29 is 13.9 Å². The summed E-state index contributed by atoms with van der Waals surface area (Å²) in [5, 5.41) is 3.83. The van der Waals surface area contributed by atoms with Crippen molar-refractivity contribution in [3.8, 4) is 22.8 Å². The molecule has 1 saturated heterocycles. The summed E-state index contributed by atoms with van der Waals surface area (Å²) in [4.78, 5) is 13.8. The average Bonchev–Trinajstić information content (AvgIpc) is 2.83. The maximum absolute atomic E-state index is 14.9. The summed E-state index contributed by atoms with van der Waals surface area (Å²) in [7, 11) is 0. The van der Waals surface area contributed by atoms with Crippen LogP contribution in [-0.4, -0.2) is 34.2 Å². The van der Waals surface area contributed by atoms with Crippen LogP contribution in [0.15, 0.2) is 78.1 Å². The number of halogens is 2.